The smallest absolute Gasteiger partial charge is 0.262 e. The quantitative estimate of drug-likeness (QED) is 0.473. The van der Waals surface area contributed by atoms with Crippen molar-refractivity contribution >= 4 is 22.7 Å². The van der Waals surface area contributed by atoms with Gasteiger partial charge < -0.3 is 4.90 Å². The number of piperidine rings is 1. The molecular weight excluding hydrogens is 398 g/mol. The molecule has 2 aromatic carbocycles. The summed E-state index contributed by atoms with van der Waals surface area (Å²) in [5, 5.41) is 0.886. The topological polar surface area (TPSA) is 55.2 Å². The van der Waals surface area contributed by atoms with Crippen LogP contribution in [0.2, 0.25) is 0 Å². The number of carbonyl (C=O) groups excluding carboxylic acids is 2. The number of hydrogen-bond donors (Lipinski definition) is 0. The molecule has 0 aliphatic carbocycles. The normalized spacial score (nSPS) is 14.6. The zero-order valence-corrected chi connectivity index (χ0v) is 17.9. The van der Waals surface area contributed by atoms with Gasteiger partial charge in [-0.3, -0.25) is 19.1 Å². The van der Waals surface area contributed by atoms with Crippen molar-refractivity contribution in [1.29, 1.82) is 0 Å². The molecule has 2 aromatic heterocycles. The molecule has 5 rings (SSSR count). The highest BCUT2D eigenvalue weighted by Crippen LogP contribution is 2.24. The minimum Gasteiger partial charge on any atom is -0.339 e. The molecule has 3 heterocycles. The minimum absolute atomic E-state index is 0.0678. The average Bonchev–Trinajstić information content (AvgIpc) is 3.28. The molecule has 0 bridgehead atoms. The van der Waals surface area contributed by atoms with Crippen LogP contribution in [0.3, 0.4) is 0 Å². The SMILES string of the molecule is O=C(c1ccc2c(ccn2C(=O)c2ccncc2)c1)N1CCC(Cc2ccccc2)CC1. The molecule has 32 heavy (non-hydrogen) atoms. The third-order valence-electron chi connectivity index (χ3n) is 6.35. The van der Waals surface area contributed by atoms with Gasteiger partial charge in [-0.05, 0) is 67.1 Å². The number of benzene rings is 2. The van der Waals surface area contributed by atoms with Crippen molar-refractivity contribution in [2.75, 3.05) is 13.1 Å². The minimum atomic E-state index is -0.109. The van der Waals surface area contributed by atoms with Gasteiger partial charge in [-0.2, -0.15) is 0 Å². The third kappa shape index (κ3) is 4.06. The highest BCUT2D eigenvalue weighted by atomic mass is 16.2. The predicted octanol–water partition coefficient (Wildman–Crippen LogP) is 4.82. The zero-order valence-electron chi connectivity index (χ0n) is 17.9. The summed E-state index contributed by atoms with van der Waals surface area (Å²) in [6, 6.07) is 21.5. The first-order valence-corrected chi connectivity index (χ1v) is 11.1. The average molecular weight is 424 g/mol. The van der Waals surface area contributed by atoms with Gasteiger partial charge in [0.2, 0.25) is 0 Å². The van der Waals surface area contributed by atoms with E-state index in [1.807, 2.05) is 35.2 Å². The van der Waals surface area contributed by atoms with Crippen LogP contribution in [0, 0.1) is 5.92 Å². The molecule has 5 heteroatoms. The number of pyridine rings is 1. The number of amides is 1. The van der Waals surface area contributed by atoms with Crippen molar-refractivity contribution < 1.29 is 9.59 Å². The third-order valence-corrected chi connectivity index (χ3v) is 6.35. The van der Waals surface area contributed by atoms with Gasteiger partial charge in [0.1, 0.15) is 0 Å². The van der Waals surface area contributed by atoms with Crippen LogP contribution in [-0.4, -0.2) is 39.4 Å². The van der Waals surface area contributed by atoms with Gasteiger partial charge in [-0.1, -0.05) is 30.3 Å². The van der Waals surface area contributed by atoms with E-state index in [9.17, 15) is 9.59 Å². The van der Waals surface area contributed by atoms with Gasteiger partial charge in [-0.25, -0.2) is 0 Å². The Morgan fingerprint density at radius 1 is 0.844 bits per heavy atom. The fourth-order valence-corrected chi connectivity index (χ4v) is 4.56. The summed E-state index contributed by atoms with van der Waals surface area (Å²) in [4.78, 5) is 31.9. The lowest BCUT2D eigenvalue weighted by atomic mass is 9.90. The van der Waals surface area contributed by atoms with E-state index in [1.165, 1.54) is 5.56 Å². The number of nitrogens with zero attached hydrogens (tertiary/aromatic N) is 3. The fourth-order valence-electron chi connectivity index (χ4n) is 4.56. The summed E-state index contributed by atoms with van der Waals surface area (Å²) >= 11 is 0. The Kier molecular flexibility index (Phi) is 5.55. The lowest BCUT2D eigenvalue weighted by molar-refractivity contribution is 0.0690. The van der Waals surface area contributed by atoms with Crippen molar-refractivity contribution in [3.63, 3.8) is 0 Å². The van der Waals surface area contributed by atoms with E-state index in [0.29, 0.717) is 17.0 Å². The Morgan fingerprint density at radius 2 is 1.59 bits per heavy atom. The van der Waals surface area contributed by atoms with Crippen molar-refractivity contribution in [2.45, 2.75) is 19.3 Å². The van der Waals surface area contributed by atoms with Gasteiger partial charge in [-0.15, -0.1) is 0 Å². The number of fused-ring (bicyclic) bond motifs is 1. The zero-order chi connectivity index (χ0) is 21.9. The highest BCUT2D eigenvalue weighted by molar-refractivity contribution is 6.04. The summed E-state index contributed by atoms with van der Waals surface area (Å²) in [5.41, 5.74) is 3.42. The van der Waals surface area contributed by atoms with E-state index >= 15 is 0 Å². The Labute approximate surface area is 187 Å². The molecule has 160 valence electrons. The molecule has 0 atom stereocenters. The molecule has 1 amide bonds. The van der Waals surface area contributed by atoms with Crippen molar-refractivity contribution in [1.82, 2.24) is 14.5 Å². The number of aromatic nitrogens is 2. The standard InChI is InChI=1S/C27H25N3O2/c31-26(29-15-10-21(11-16-29)18-20-4-2-1-3-5-20)24-6-7-25-23(19-24)12-17-30(25)27(32)22-8-13-28-14-9-22/h1-9,12-14,17,19,21H,10-11,15-16,18H2. The monoisotopic (exact) mass is 423 g/mol. The number of carbonyl (C=O) groups is 2. The molecule has 1 saturated heterocycles. The summed E-state index contributed by atoms with van der Waals surface area (Å²) in [6.07, 6.45) is 8.11. The van der Waals surface area contributed by atoms with Crippen molar-refractivity contribution in [3.8, 4) is 0 Å². The molecule has 0 saturated carbocycles. The van der Waals surface area contributed by atoms with Crippen molar-refractivity contribution in [2.24, 2.45) is 5.92 Å². The van der Waals surface area contributed by atoms with Gasteiger partial charge in [0.15, 0.2) is 0 Å². The van der Waals surface area contributed by atoms with E-state index in [1.54, 1.807) is 35.3 Å². The van der Waals surface area contributed by atoms with E-state index < -0.39 is 0 Å². The van der Waals surface area contributed by atoms with Gasteiger partial charge in [0, 0.05) is 48.2 Å². The number of rotatable bonds is 4. The van der Waals surface area contributed by atoms with Gasteiger partial charge in [0.25, 0.3) is 11.8 Å². The highest BCUT2D eigenvalue weighted by Gasteiger charge is 2.24. The Hall–Kier alpha value is -3.73. The summed E-state index contributed by atoms with van der Waals surface area (Å²) in [7, 11) is 0. The van der Waals surface area contributed by atoms with Crippen LogP contribution in [0.5, 0.6) is 0 Å². The first-order valence-electron chi connectivity index (χ1n) is 11.1. The second kappa shape index (κ2) is 8.79. The van der Waals surface area contributed by atoms with Gasteiger partial charge >= 0.3 is 0 Å². The maximum absolute atomic E-state index is 13.1. The second-order valence-electron chi connectivity index (χ2n) is 8.43. The predicted molar refractivity (Wildman–Crippen MR) is 125 cm³/mol. The van der Waals surface area contributed by atoms with Crippen LogP contribution in [0.4, 0.5) is 0 Å². The Bertz CT molecular complexity index is 1240. The van der Waals surface area contributed by atoms with E-state index in [4.69, 9.17) is 0 Å². The van der Waals surface area contributed by atoms with Crippen LogP contribution in [0.15, 0.2) is 85.3 Å². The molecule has 0 N–H and O–H groups in total. The van der Waals surface area contributed by atoms with Crippen LogP contribution in [0.1, 0.15) is 39.1 Å². The Morgan fingerprint density at radius 3 is 2.34 bits per heavy atom. The molecule has 1 aliphatic heterocycles. The van der Waals surface area contributed by atoms with E-state index in [0.717, 1.165) is 43.3 Å². The van der Waals surface area contributed by atoms with Crippen LogP contribution >= 0.6 is 0 Å². The van der Waals surface area contributed by atoms with Crippen LogP contribution in [-0.2, 0) is 6.42 Å². The maximum Gasteiger partial charge on any atom is 0.262 e. The fraction of sp³-hybridized carbons (Fsp3) is 0.222. The molecule has 0 unspecified atom stereocenters. The first-order chi connectivity index (χ1) is 15.7. The largest absolute Gasteiger partial charge is 0.339 e. The number of hydrogen-bond acceptors (Lipinski definition) is 3. The molecule has 0 radical (unpaired) electrons. The van der Waals surface area contributed by atoms with E-state index in [-0.39, 0.29) is 11.8 Å². The molecule has 0 spiro atoms. The summed E-state index contributed by atoms with van der Waals surface area (Å²) < 4.78 is 1.62. The lowest BCUT2D eigenvalue weighted by Gasteiger charge is -2.32. The molecule has 4 aromatic rings. The Balaban J connectivity index is 1.27. The summed E-state index contributed by atoms with van der Waals surface area (Å²) in [5.74, 6) is 0.581. The second-order valence-corrected chi connectivity index (χ2v) is 8.43. The lowest BCUT2D eigenvalue weighted by Crippen LogP contribution is -2.38. The van der Waals surface area contributed by atoms with Gasteiger partial charge in [0.05, 0.1) is 5.52 Å². The van der Waals surface area contributed by atoms with E-state index in [2.05, 4.69) is 29.2 Å². The maximum atomic E-state index is 13.1. The molecular formula is C27H25N3O2. The van der Waals surface area contributed by atoms with Crippen LogP contribution in [0.25, 0.3) is 10.9 Å². The summed E-state index contributed by atoms with van der Waals surface area (Å²) in [6.45, 7) is 1.58. The first kappa shape index (κ1) is 20.2. The van der Waals surface area contributed by atoms with Crippen LogP contribution < -0.4 is 0 Å². The molecule has 5 nitrogen and oxygen atoms in total. The molecule has 1 fully saturated rings. The molecule has 1 aliphatic rings. The number of likely N-dealkylation sites (tertiary alicyclic amines) is 1. The van der Waals surface area contributed by atoms with Crippen molar-refractivity contribution in [3.05, 3.63) is 102 Å².